The molecule has 1 fully saturated rings. The molecule has 1 atom stereocenters. The van der Waals surface area contributed by atoms with Gasteiger partial charge in [0.2, 0.25) is 5.54 Å². The molecule has 4 N–H and O–H groups in total. The van der Waals surface area contributed by atoms with E-state index in [9.17, 15) is 24.0 Å². The zero-order chi connectivity index (χ0) is 22.3. The monoisotopic (exact) mass is 425 g/mol. The molecule has 1 aromatic carbocycles. The van der Waals surface area contributed by atoms with Gasteiger partial charge in [0.25, 0.3) is 17.4 Å². The van der Waals surface area contributed by atoms with Crippen LogP contribution in [0.25, 0.3) is 0 Å². The first-order valence-electron chi connectivity index (χ1n) is 9.18. The number of hydrogen-bond donors (Lipinski definition) is 4. The van der Waals surface area contributed by atoms with Crippen molar-refractivity contribution in [2.45, 2.75) is 19.0 Å². The number of aryl methyl sites for hydroxylation is 1. The molecule has 0 saturated carbocycles. The van der Waals surface area contributed by atoms with Crippen LogP contribution in [0.2, 0.25) is 0 Å². The fourth-order valence-corrected chi connectivity index (χ4v) is 3.53. The molecule has 11 nitrogen and oxygen atoms in total. The lowest BCUT2D eigenvalue weighted by atomic mass is 9.99. The molecule has 1 saturated heterocycles. The molecule has 2 aromatic rings. The van der Waals surface area contributed by atoms with Gasteiger partial charge in [-0.3, -0.25) is 24.7 Å². The summed E-state index contributed by atoms with van der Waals surface area (Å²) < 4.78 is 5.15. The Bertz CT molecular complexity index is 1320. The Labute approximate surface area is 176 Å². The zero-order valence-corrected chi connectivity index (χ0v) is 16.5. The molecule has 4 amide bonds. The van der Waals surface area contributed by atoms with Crippen molar-refractivity contribution in [2.24, 2.45) is 0 Å². The number of urea groups is 1. The summed E-state index contributed by atoms with van der Waals surface area (Å²) in [5, 5.41) is 4.58. The molecule has 160 valence electrons. The first-order chi connectivity index (χ1) is 14.7. The van der Waals surface area contributed by atoms with Gasteiger partial charge in [0.05, 0.1) is 13.7 Å². The van der Waals surface area contributed by atoms with Gasteiger partial charge in [0.15, 0.2) is 0 Å². The van der Waals surface area contributed by atoms with Gasteiger partial charge in [-0.2, -0.15) is 0 Å². The molecule has 3 heterocycles. The van der Waals surface area contributed by atoms with Crippen LogP contribution in [0.1, 0.15) is 28.6 Å². The van der Waals surface area contributed by atoms with Crippen molar-refractivity contribution in [1.29, 1.82) is 0 Å². The minimum atomic E-state index is -1.77. The second kappa shape index (κ2) is 7.17. The van der Waals surface area contributed by atoms with E-state index in [4.69, 9.17) is 4.74 Å². The largest absolute Gasteiger partial charge is 0.497 e. The Morgan fingerprint density at radius 3 is 2.61 bits per heavy atom. The maximum absolute atomic E-state index is 12.9. The van der Waals surface area contributed by atoms with Crippen molar-refractivity contribution < 1.29 is 20.5 Å². The van der Waals surface area contributed by atoms with Crippen molar-refractivity contribution in [3.63, 3.8) is 0 Å². The van der Waals surface area contributed by atoms with Crippen LogP contribution in [0.3, 0.4) is 0 Å². The summed E-state index contributed by atoms with van der Waals surface area (Å²) in [6.07, 6.45) is 0. The number of rotatable bonds is 3. The van der Waals surface area contributed by atoms with Gasteiger partial charge >= 0.3 is 11.7 Å². The van der Waals surface area contributed by atoms with Gasteiger partial charge in [-0.25, -0.2) is 9.59 Å². The quantitative estimate of drug-likeness (QED) is 0.373. The van der Waals surface area contributed by atoms with E-state index in [-0.39, 0.29) is 31.7 Å². The Hall–Kier alpha value is -4.33. The van der Waals surface area contributed by atoms with Gasteiger partial charge in [-0.05, 0) is 24.6 Å². The number of imide groups is 1. The normalized spacial score (nSPS) is 19.4. The molecule has 2 aliphatic heterocycles. The Kier molecular flexibility index (Phi) is 4.62. The molecule has 31 heavy (non-hydrogen) atoms. The van der Waals surface area contributed by atoms with Crippen LogP contribution in [0.15, 0.2) is 27.8 Å². The number of ether oxygens (including phenoxy) is 1. The third-order valence-electron chi connectivity index (χ3n) is 5.10. The van der Waals surface area contributed by atoms with E-state index in [1.807, 2.05) is 0 Å². The number of nitrogens with one attached hydrogen (secondary N) is 4. The van der Waals surface area contributed by atoms with Crippen molar-refractivity contribution in [3.05, 3.63) is 61.4 Å². The van der Waals surface area contributed by atoms with Crippen molar-refractivity contribution in [2.75, 3.05) is 13.7 Å². The zero-order valence-electron chi connectivity index (χ0n) is 16.5. The summed E-state index contributed by atoms with van der Waals surface area (Å²) in [6.45, 7) is 1.45. The highest BCUT2D eigenvalue weighted by Gasteiger charge is 2.48. The molecule has 0 bridgehead atoms. The van der Waals surface area contributed by atoms with Gasteiger partial charge < -0.3 is 19.9 Å². The summed E-state index contributed by atoms with van der Waals surface area (Å²) in [5.74, 6) is 4.63. The van der Waals surface area contributed by atoms with E-state index in [1.165, 1.54) is 18.9 Å². The van der Waals surface area contributed by atoms with Gasteiger partial charge in [-0.15, -0.1) is 0 Å². The Balaban J connectivity index is 0.00000289. The number of aromatic amines is 2. The summed E-state index contributed by atoms with van der Waals surface area (Å²) in [5.41, 5.74) is -1.87. The molecule has 2 aliphatic rings. The third-order valence-corrected chi connectivity index (χ3v) is 5.10. The highest BCUT2D eigenvalue weighted by molar-refractivity contribution is 6.10. The number of methoxy groups -OCH3 is 1. The van der Waals surface area contributed by atoms with E-state index in [1.54, 1.807) is 18.2 Å². The highest BCUT2D eigenvalue weighted by Crippen LogP contribution is 2.28. The molecule has 0 spiro atoms. The molecular formula is C20H19N5O6. The number of carbonyl (C=O) groups excluding carboxylic acids is 3. The number of carbonyl (C=O) groups is 3. The van der Waals surface area contributed by atoms with Crippen molar-refractivity contribution in [3.8, 4) is 17.6 Å². The topological polar surface area (TPSA) is 153 Å². The fourth-order valence-electron chi connectivity index (χ4n) is 3.53. The molecular weight excluding hydrogens is 406 g/mol. The maximum Gasteiger partial charge on any atom is 0.325 e. The predicted octanol–water partition coefficient (Wildman–Crippen LogP) is -0.788. The lowest BCUT2D eigenvalue weighted by Crippen LogP contribution is -2.54. The number of fused-ring (bicyclic) bond motifs is 1. The van der Waals surface area contributed by atoms with E-state index in [2.05, 4.69) is 32.4 Å². The number of nitrogens with zero attached hydrogens (tertiary/aromatic N) is 1. The SMILES string of the molecule is COc1ccc2c(c1)C(=O)N(C[C@@]1(C#Cc3c(C)[nH]c(=O)[nH]c3=O)NC(=O)NC1=O)C2.[HH]. The molecule has 0 radical (unpaired) electrons. The van der Waals surface area contributed by atoms with E-state index >= 15 is 0 Å². The highest BCUT2D eigenvalue weighted by atomic mass is 16.5. The Morgan fingerprint density at radius 1 is 1.19 bits per heavy atom. The molecule has 11 heteroatoms. The van der Waals surface area contributed by atoms with Gasteiger partial charge in [0.1, 0.15) is 11.3 Å². The first kappa shape index (κ1) is 20.0. The number of hydrogen-bond acceptors (Lipinski definition) is 6. The number of aromatic nitrogens is 2. The van der Waals surface area contributed by atoms with Crippen LogP contribution in [0, 0.1) is 18.8 Å². The Morgan fingerprint density at radius 2 is 1.97 bits per heavy atom. The average molecular weight is 425 g/mol. The lowest BCUT2D eigenvalue weighted by Gasteiger charge is -2.26. The smallest absolute Gasteiger partial charge is 0.325 e. The first-order valence-corrected chi connectivity index (χ1v) is 9.18. The number of amides is 4. The van der Waals surface area contributed by atoms with Crippen LogP contribution in [0.5, 0.6) is 5.75 Å². The van der Waals surface area contributed by atoms with E-state index in [0.717, 1.165) is 5.56 Å². The van der Waals surface area contributed by atoms with E-state index in [0.29, 0.717) is 11.3 Å². The second-order valence-corrected chi connectivity index (χ2v) is 7.16. The van der Waals surface area contributed by atoms with Crippen LogP contribution >= 0.6 is 0 Å². The number of H-pyrrole nitrogens is 2. The summed E-state index contributed by atoms with van der Waals surface area (Å²) in [4.78, 5) is 66.7. The standard InChI is InChI=1S/C20H17N5O6.H2/c1-10-13(15(26)22-18(29)21-10)5-6-20(17(28)23-19(30)24-20)9-25-8-11-3-4-12(31-2)7-14(11)16(25)27;/h3-4,7H,8-9H2,1-2H3,(H2,21,22,26,29)(H2,23,24,28,30);1H/t20-;/m1./s1. The van der Waals surface area contributed by atoms with Crippen molar-refractivity contribution >= 4 is 17.8 Å². The molecule has 4 rings (SSSR count). The summed E-state index contributed by atoms with van der Waals surface area (Å²) in [7, 11) is 1.49. The predicted molar refractivity (Wildman–Crippen MR) is 109 cm³/mol. The molecule has 0 aliphatic carbocycles. The van der Waals surface area contributed by atoms with Crippen LogP contribution in [-0.4, -0.2) is 51.9 Å². The molecule has 1 aromatic heterocycles. The minimum absolute atomic E-state index is 0. The van der Waals surface area contributed by atoms with Crippen LogP contribution in [-0.2, 0) is 11.3 Å². The minimum Gasteiger partial charge on any atom is -0.497 e. The summed E-state index contributed by atoms with van der Waals surface area (Å²) in [6, 6.07) is 4.31. The van der Waals surface area contributed by atoms with Gasteiger partial charge in [-0.1, -0.05) is 17.9 Å². The van der Waals surface area contributed by atoms with Crippen LogP contribution < -0.4 is 26.6 Å². The summed E-state index contributed by atoms with van der Waals surface area (Å²) >= 11 is 0. The van der Waals surface area contributed by atoms with E-state index < -0.39 is 28.7 Å². The fraction of sp³-hybridized carbons (Fsp3) is 0.250. The third kappa shape index (κ3) is 3.44. The second-order valence-electron chi connectivity index (χ2n) is 7.16. The van der Waals surface area contributed by atoms with Crippen molar-refractivity contribution in [1.82, 2.24) is 25.5 Å². The lowest BCUT2D eigenvalue weighted by molar-refractivity contribution is -0.122. The van der Waals surface area contributed by atoms with Crippen LogP contribution in [0.4, 0.5) is 4.79 Å². The molecule has 0 unspecified atom stereocenters. The van der Waals surface area contributed by atoms with Gasteiger partial charge in [0, 0.05) is 19.2 Å². The number of benzene rings is 1. The maximum atomic E-state index is 12.9. The average Bonchev–Trinajstić information content (AvgIpc) is 3.16.